The van der Waals surface area contributed by atoms with Crippen LogP contribution < -0.4 is 15.4 Å². The number of nitrogens with one attached hydrogen (secondary N) is 2. The Balaban J connectivity index is 1.27. The van der Waals surface area contributed by atoms with Crippen molar-refractivity contribution in [1.82, 2.24) is 20.2 Å². The number of carbonyl (C=O) groups excluding carboxylic acids is 2. The van der Waals surface area contributed by atoms with Crippen molar-refractivity contribution in [2.75, 3.05) is 32.2 Å². The summed E-state index contributed by atoms with van der Waals surface area (Å²) < 4.78 is 24.3. The summed E-state index contributed by atoms with van der Waals surface area (Å²) in [6.07, 6.45) is 3.93. The van der Waals surface area contributed by atoms with Crippen LogP contribution in [-0.2, 0) is 22.5 Å². The predicted molar refractivity (Wildman–Crippen MR) is 147 cm³/mol. The lowest BCUT2D eigenvalue weighted by molar-refractivity contribution is -0.125. The molecule has 3 aromatic rings. The Bertz CT molecular complexity index is 1380. The maximum atomic E-state index is 13.8. The number of anilines is 1. The summed E-state index contributed by atoms with van der Waals surface area (Å²) in [7, 11) is 1.45. The van der Waals surface area contributed by atoms with Gasteiger partial charge < -0.3 is 25.0 Å². The molecule has 2 aliphatic rings. The van der Waals surface area contributed by atoms with Crippen LogP contribution in [0.5, 0.6) is 5.75 Å². The smallest absolute Gasteiger partial charge is 0.255 e. The molecule has 39 heavy (non-hydrogen) atoms. The highest BCUT2D eigenvalue weighted by Gasteiger charge is 2.33. The van der Waals surface area contributed by atoms with Crippen molar-refractivity contribution in [2.24, 2.45) is 0 Å². The number of halogens is 2. The third-order valence-corrected chi connectivity index (χ3v) is 8.37. The van der Waals surface area contributed by atoms with E-state index in [-0.39, 0.29) is 24.4 Å². The molecule has 0 spiro atoms. The lowest BCUT2D eigenvalue weighted by Gasteiger charge is -2.31. The molecule has 1 saturated heterocycles. The van der Waals surface area contributed by atoms with E-state index in [9.17, 15) is 14.0 Å². The number of hydrogen-bond donors (Lipinski definition) is 2. The van der Waals surface area contributed by atoms with E-state index in [0.29, 0.717) is 59.7 Å². The van der Waals surface area contributed by atoms with Crippen molar-refractivity contribution >= 4 is 40.7 Å². The van der Waals surface area contributed by atoms with Gasteiger partial charge in [0.25, 0.3) is 5.91 Å². The van der Waals surface area contributed by atoms with Crippen molar-refractivity contribution in [1.29, 1.82) is 0 Å². The highest BCUT2D eigenvalue weighted by atomic mass is 35.5. The third kappa shape index (κ3) is 6.15. The summed E-state index contributed by atoms with van der Waals surface area (Å²) in [6.45, 7) is 3.60. The topological polar surface area (TPSA) is 106 Å². The molecule has 1 fully saturated rings. The first kappa shape index (κ1) is 27.3. The Kier molecular flexibility index (Phi) is 8.29. The van der Waals surface area contributed by atoms with Gasteiger partial charge in [0, 0.05) is 49.7 Å². The van der Waals surface area contributed by atoms with Crippen LogP contribution in [0.2, 0.25) is 5.02 Å². The zero-order valence-corrected chi connectivity index (χ0v) is 23.2. The zero-order chi connectivity index (χ0) is 27.5. The molecule has 0 aliphatic carbocycles. The number of amides is 2. The number of hydrogen-bond acceptors (Lipinski definition) is 8. The number of methoxy groups -OCH3 is 1. The zero-order valence-electron chi connectivity index (χ0n) is 21.6. The minimum Gasteiger partial charge on any atom is -0.497 e. The van der Waals surface area contributed by atoms with Crippen LogP contribution in [0.4, 0.5) is 10.3 Å². The maximum Gasteiger partial charge on any atom is 0.255 e. The number of thiophene rings is 1. The number of benzene rings is 1. The van der Waals surface area contributed by atoms with E-state index in [1.54, 1.807) is 30.2 Å². The largest absolute Gasteiger partial charge is 0.497 e. The summed E-state index contributed by atoms with van der Waals surface area (Å²) in [5.41, 5.74) is 1.68. The third-order valence-electron chi connectivity index (χ3n) is 6.89. The Labute approximate surface area is 234 Å². The van der Waals surface area contributed by atoms with Gasteiger partial charge in [-0.05, 0) is 43.5 Å². The second-order valence-corrected chi connectivity index (χ2v) is 11.1. The van der Waals surface area contributed by atoms with Crippen LogP contribution in [0.25, 0.3) is 10.6 Å². The maximum absolute atomic E-state index is 13.8. The molecule has 0 unspecified atom stereocenters. The first-order valence-electron chi connectivity index (χ1n) is 12.7. The van der Waals surface area contributed by atoms with Gasteiger partial charge >= 0.3 is 0 Å². The minimum absolute atomic E-state index is 0.115. The van der Waals surface area contributed by atoms with E-state index in [0.717, 1.165) is 22.6 Å². The molecular weight excluding hydrogens is 545 g/mol. The van der Waals surface area contributed by atoms with Gasteiger partial charge in [-0.25, -0.2) is 14.4 Å². The lowest BCUT2D eigenvalue weighted by Crippen LogP contribution is -2.50. The van der Waals surface area contributed by atoms with Gasteiger partial charge in [0.1, 0.15) is 23.3 Å². The molecule has 12 heteroatoms. The molecular formula is C27H29ClFN5O4S. The summed E-state index contributed by atoms with van der Waals surface area (Å²) in [6, 6.07) is 5.58. The van der Waals surface area contributed by atoms with E-state index in [4.69, 9.17) is 21.1 Å². The molecule has 4 heterocycles. The van der Waals surface area contributed by atoms with E-state index in [2.05, 4.69) is 20.6 Å². The molecule has 2 aromatic heterocycles. The van der Waals surface area contributed by atoms with Crippen LogP contribution >= 0.6 is 22.9 Å². The van der Waals surface area contributed by atoms with Gasteiger partial charge in [-0.3, -0.25) is 9.59 Å². The molecule has 5 rings (SSSR count). The van der Waals surface area contributed by atoms with Crippen molar-refractivity contribution in [3.8, 4) is 16.3 Å². The normalized spacial score (nSPS) is 16.5. The van der Waals surface area contributed by atoms with E-state index >= 15 is 0 Å². The van der Waals surface area contributed by atoms with Gasteiger partial charge in [0.2, 0.25) is 11.9 Å². The Morgan fingerprint density at radius 3 is 2.87 bits per heavy atom. The molecule has 0 saturated carbocycles. The molecule has 0 radical (unpaired) electrons. The number of aromatic nitrogens is 2. The van der Waals surface area contributed by atoms with E-state index in [1.807, 2.05) is 0 Å². The molecule has 1 atom stereocenters. The second kappa shape index (κ2) is 11.8. The number of rotatable bonds is 8. The molecule has 2 N–H and O–H groups in total. The predicted octanol–water partition coefficient (Wildman–Crippen LogP) is 4.30. The second-order valence-electron chi connectivity index (χ2n) is 9.51. The van der Waals surface area contributed by atoms with E-state index < -0.39 is 11.9 Å². The quantitative estimate of drug-likeness (QED) is 0.414. The molecule has 2 aliphatic heterocycles. The van der Waals surface area contributed by atoms with Crippen molar-refractivity contribution in [3.05, 3.63) is 57.3 Å². The lowest BCUT2D eigenvalue weighted by atomic mass is 10.1. The van der Waals surface area contributed by atoms with Gasteiger partial charge in [0.05, 0.1) is 28.8 Å². The first-order chi connectivity index (χ1) is 18.8. The Hall–Kier alpha value is -3.28. The SMILES string of the molecule is COc1cc(F)cc(CNC(=O)[C@@H](C)N2CCc3sc(-c4nc(NC5CCOCC5)ncc4Cl)cc3C2=O)c1. The van der Waals surface area contributed by atoms with Crippen LogP contribution in [0, 0.1) is 5.82 Å². The van der Waals surface area contributed by atoms with E-state index in [1.165, 1.54) is 30.6 Å². The first-order valence-corrected chi connectivity index (χ1v) is 13.9. The molecule has 2 amide bonds. The summed E-state index contributed by atoms with van der Waals surface area (Å²) in [4.78, 5) is 38.6. The highest BCUT2D eigenvalue weighted by molar-refractivity contribution is 7.16. The fourth-order valence-corrected chi connectivity index (χ4v) is 6.11. The fourth-order valence-electron chi connectivity index (χ4n) is 4.71. The summed E-state index contributed by atoms with van der Waals surface area (Å²) in [5.74, 6) is -0.141. The molecule has 9 nitrogen and oxygen atoms in total. The average molecular weight is 574 g/mol. The van der Waals surface area contributed by atoms with Crippen LogP contribution in [0.15, 0.2) is 30.5 Å². The number of fused-ring (bicyclic) bond motifs is 1. The van der Waals surface area contributed by atoms with Crippen LogP contribution in [0.1, 0.15) is 40.6 Å². The number of carbonyl (C=O) groups is 2. The van der Waals surface area contributed by atoms with Crippen LogP contribution in [0.3, 0.4) is 0 Å². The van der Waals surface area contributed by atoms with Gasteiger partial charge in [0.15, 0.2) is 0 Å². The summed E-state index contributed by atoms with van der Waals surface area (Å²) in [5, 5.41) is 6.55. The van der Waals surface area contributed by atoms with Gasteiger partial charge in [-0.1, -0.05) is 11.6 Å². The average Bonchev–Trinajstić information content (AvgIpc) is 3.38. The minimum atomic E-state index is -0.706. The monoisotopic (exact) mass is 573 g/mol. The Morgan fingerprint density at radius 1 is 1.31 bits per heavy atom. The Morgan fingerprint density at radius 2 is 2.10 bits per heavy atom. The number of nitrogens with zero attached hydrogens (tertiary/aromatic N) is 3. The van der Waals surface area contributed by atoms with Gasteiger partial charge in [-0.15, -0.1) is 11.3 Å². The molecule has 1 aromatic carbocycles. The van der Waals surface area contributed by atoms with Crippen molar-refractivity contribution < 1.29 is 23.5 Å². The fraction of sp³-hybridized carbons (Fsp3) is 0.407. The van der Waals surface area contributed by atoms with Crippen molar-refractivity contribution in [2.45, 2.75) is 44.8 Å². The summed E-state index contributed by atoms with van der Waals surface area (Å²) >= 11 is 7.94. The van der Waals surface area contributed by atoms with Crippen molar-refractivity contribution in [3.63, 3.8) is 0 Å². The van der Waals surface area contributed by atoms with Gasteiger partial charge in [-0.2, -0.15) is 0 Å². The molecule has 0 bridgehead atoms. The standard InChI is InChI=1S/C27H29ClFN5O4S/c1-15(25(35)30-13-16-9-17(29)11-19(10-16)37-2)34-6-3-22-20(26(34)36)12-23(39-22)24-21(28)14-31-27(33-24)32-18-4-7-38-8-5-18/h9-12,14-15,18H,3-8,13H2,1-2H3,(H,30,35)(H,31,32,33)/t15-/m1/s1. The highest BCUT2D eigenvalue weighted by Crippen LogP contribution is 2.37. The molecule has 206 valence electrons. The number of ether oxygens (including phenoxy) is 2. The van der Waals surface area contributed by atoms with Crippen LogP contribution in [-0.4, -0.2) is 65.6 Å².